The second-order valence-electron chi connectivity index (χ2n) is 4.38. The summed E-state index contributed by atoms with van der Waals surface area (Å²) in [5.41, 5.74) is -1.32. The monoisotopic (exact) mass is 186 g/mol. The molecule has 0 radical (unpaired) electrons. The van der Waals surface area contributed by atoms with Crippen LogP contribution < -0.4 is 0 Å². The SMILES string of the molecule is C=CC1C(O)C(C)(CO)OC1(C)C. The summed E-state index contributed by atoms with van der Waals surface area (Å²) in [6, 6.07) is 0. The van der Waals surface area contributed by atoms with Gasteiger partial charge in [0, 0.05) is 5.92 Å². The molecule has 3 heteroatoms. The van der Waals surface area contributed by atoms with E-state index in [0.29, 0.717) is 0 Å². The van der Waals surface area contributed by atoms with E-state index in [0.717, 1.165) is 0 Å². The summed E-state index contributed by atoms with van der Waals surface area (Å²) in [7, 11) is 0. The Hall–Kier alpha value is -0.380. The molecule has 1 fully saturated rings. The van der Waals surface area contributed by atoms with Gasteiger partial charge in [-0.15, -0.1) is 6.58 Å². The van der Waals surface area contributed by atoms with Gasteiger partial charge in [-0.2, -0.15) is 0 Å². The highest BCUT2D eigenvalue weighted by atomic mass is 16.6. The van der Waals surface area contributed by atoms with Crippen LogP contribution in [0.4, 0.5) is 0 Å². The van der Waals surface area contributed by atoms with Gasteiger partial charge in [0.1, 0.15) is 5.60 Å². The van der Waals surface area contributed by atoms with Crippen molar-refractivity contribution < 1.29 is 14.9 Å². The Balaban J connectivity index is 2.96. The van der Waals surface area contributed by atoms with E-state index in [4.69, 9.17) is 9.84 Å². The van der Waals surface area contributed by atoms with E-state index in [1.165, 1.54) is 0 Å². The van der Waals surface area contributed by atoms with Crippen molar-refractivity contribution in [2.75, 3.05) is 6.61 Å². The van der Waals surface area contributed by atoms with Crippen LogP contribution in [0.2, 0.25) is 0 Å². The molecule has 13 heavy (non-hydrogen) atoms. The molecule has 3 unspecified atom stereocenters. The van der Waals surface area contributed by atoms with Gasteiger partial charge in [0.25, 0.3) is 0 Å². The van der Waals surface area contributed by atoms with Gasteiger partial charge in [-0.05, 0) is 20.8 Å². The molecule has 0 saturated carbocycles. The molecule has 1 saturated heterocycles. The average Bonchev–Trinajstić information content (AvgIpc) is 2.20. The molecule has 76 valence electrons. The van der Waals surface area contributed by atoms with E-state index < -0.39 is 17.3 Å². The van der Waals surface area contributed by atoms with Gasteiger partial charge in [-0.1, -0.05) is 6.08 Å². The Morgan fingerprint density at radius 2 is 2.00 bits per heavy atom. The lowest BCUT2D eigenvalue weighted by atomic mass is 9.84. The van der Waals surface area contributed by atoms with Gasteiger partial charge < -0.3 is 14.9 Å². The van der Waals surface area contributed by atoms with Crippen molar-refractivity contribution in [3.05, 3.63) is 12.7 Å². The molecule has 0 aliphatic carbocycles. The van der Waals surface area contributed by atoms with E-state index in [2.05, 4.69) is 6.58 Å². The number of aliphatic hydroxyl groups excluding tert-OH is 2. The molecule has 3 nitrogen and oxygen atoms in total. The van der Waals surface area contributed by atoms with Crippen LogP contribution in [-0.4, -0.2) is 34.1 Å². The van der Waals surface area contributed by atoms with Crippen molar-refractivity contribution in [2.45, 2.75) is 38.1 Å². The van der Waals surface area contributed by atoms with Crippen LogP contribution in [0, 0.1) is 5.92 Å². The third-order valence-corrected chi connectivity index (χ3v) is 2.83. The van der Waals surface area contributed by atoms with Gasteiger partial charge in [0.05, 0.1) is 18.3 Å². The average molecular weight is 186 g/mol. The van der Waals surface area contributed by atoms with E-state index in [9.17, 15) is 5.11 Å². The summed E-state index contributed by atoms with van der Waals surface area (Å²) >= 11 is 0. The first kappa shape index (κ1) is 10.7. The fourth-order valence-electron chi connectivity index (χ4n) is 2.03. The predicted molar refractivity (Wildman–Crippen MR) is 50.3 cm³/mol. The molecule has 0 aromatic carbocycles. The molecule has 0 aromatic rings. The zero-order valence-electron chi connectivity index (χ0n) is 8.45. The molecule has 2 N–H and O–H groups in total. The fraction of sp³-hybridized carbons (Fsp3) is 0.800. The largest absolute Gasteiger partial charge is 0.393 e. The van der Waals surface area contributed by atoms with Crippen molar-refractivity contribution in [3.63, 3.8) is 0 Å². The van der Waals surface area contributed by atoms with Gasteiger partial charge in [0.2, 0.25) is 0 Å². The first-order valence-electron chi connectivity index (χ1n) is 4.49. The summed E-state index contributed by atoms with van der Waals surface area (Å²) in [5.74, 6) is -0.135. The Morgan fingerprint density at radius 3 is 2.23 bits per heavy atom. The zero-order chi connectivity index (χ0) is 10.3. The Bertz CT molecular complexity index is 212. The maximum atomic E-state index is 9.89. The van der Waals surface area contributed by atoms with Crippen LogP contribution in [0.25, 0.3) is 0 Å². The number of hydrogen-bond acceptors (Lipinski definition) is 3. The van der Waals surface area contributed by atoms with Crippen LogP contribution in [0.3, 0.4) is 0 Å². The van der Waals surface area contributed by atoms with Crippen LogP contribution in [0.15, 0.2) is 12.7 Å². The molecular formula is C10H18O3. The second-order valence-corrected chi connectivity index (χ2v) is 4.38. The lowest BCUT2D eigenvalue weighted by Crippen LogP contribution is -2.41. The van der Waals surface area contributed by atoms with Crippen LogP contribution in [0.1, 0.15) is 20.8 Å². The maximum absolute atomic E-state index is 9.89. The van der Waals surface area contributed by atoms with Crippen LogP contribution in [-0.2, 0) is 4.74 Å². The molecule has 0 amide bonds. The van der Waals surface area contributed by atoms with Gasteiger partial charge in [0.15, 0.2) is 0 Å². The standard InChI is InChI=1S/C10H18O3/c1-5-7-8(12)10(4,6-11)13-9(7,2)3/h5,7-8,11-12H,1,6H2,2-4H3. The topological polar surface area (TPSA) is 49.7 Å². The summed E-state index contributed by atoms with van der Waals surface area (Å²) in [4.78, 5) is 0. The highest BCUT2D eigenvalue weighted by molar-refractivity contribution is 5.09. The molecule has 0 aromatic heterocycles. The number of rotatable bonds is 2. The molecule has 0 bridgehead atoms. The van der Waals surface area contributed by atoms with E-state index >= 15 is 0 Å². The highest BCUT2D eigenvalue weighted by Gasteiger charge is 2.54. The lowest BCUT2D eigenvalue weighted by Gasteiger charge is -2.26. The molecule has 3 atom stereocenters. The van der Waals surface area contributed by atoms with Crippen molar-refractivity contribution in [1.82, 2.24) is 0 Å². The number of ether oxygens (including phenoxy) is 1. The smallest absolute Gasteiger partial charge is 0.116 e. The van der Waals surface area contributed by atoms with E-state index in [-0.39, 0.29) is 12.5 Å². The number of aliphatic hydroxyl groups is 2. The molecule has 0 spiro atoms. The summed E-state index contributed by atoms with van der Waals surface area (Å²) in [6.45, 7) is 8.98. The van der Waals surface area contributed by atoms with Crippen molar-refractivity contribution >= 4 is 0 Å². The van der Waals surface area contributed by atoms with Gasteiger partial charge >= 0.3 is 0 Å². The van der Waals surface area contributed by atoms with Crippen molar-refractivity contribution in [2.24, 2.45) is 5.92 Å². The van der Waals surface area contributed by atoms with E-state index in [1.807, 2.05) is 13.8 Å². The quantitative estimate of drug-likeness (QED) is 0.624. The lowest BCUT2D eigenvalue weighted by molar-refractivity contribution is -0.124. The molecule has 1 aliphatic heterocycles. The van der Waals surface area contributed by atoms with Crippen molar-refractivity contribution in [1.29, 1.82) is 0 Å². The van der Waals surface area contributed by atoms with Crippen molar-refractivity contribution in [3.8, 4) is 0 Å². The summed E-state index contributed by atoms with van der Waals surface area (Å²) < 4.78 is 5.63. The maximum Gasteiger partial charge on any atom is 0.116 e. The van der Waals surface area contributed by atoms with Crippen LogP contribution >= 0.6 is 0 Å². The Kier molecular flexibility index (Phi) is 2.54. The molecule has 1 rings (SSSR count). The molecular weight excluding hydrogens is 168 g/mol. The highest BCUT2D eigenvalue weighted by Crippen LogP contribution is 2.42. The Labute approximate surface area is 79.0 Å². The zero-order valence-corrected chi connectivity index (χ0v) is 8.45. The molecule has 1 aliphatic rings. The van der Waals surface area contributed by atoms with Gasteiger partial charge in [-0.25, -0.2) is 0 Å². The normalized spacial score (nSPS) is 43.5. The third-order valence-electron chi connectivity index (χ3n) is 2.83. The van der Waals surface area contributed by atoms with Gasteiger partial charge in [-0.3, -0.25) is 0 Å². The molecule has 1 heterocycles. The minimum Gasteiger partial charge on any atom is -0.393 e. The van der Waals surface area contributed by atoms with E-state index in [1.54, 1.807) is 13.0 Å². The second kappa shape index (κ2) is 3.08. The number of hydrogen-bond donors (Lipinski definition) is 2. The first-order chi connectivity index (χ1) is 5.87. The Morgan fingerprint density at radius 1 is 1.46 bits per heavy atom. The minimum absolute atomic E-state index is 0.135. The summed E-state index contributed by atoms with van der Waals surface area (Å²) in [5, 5.41) is 19.0. The predicted octanol–water partition coefficient (Wildman–Crippen LogP) is 0.709. The first-order valence-corrected chi connectivity index (χ1v) is 4.49. The summed E-state index contributed by atoms with van der Waals surface area (Å²) in [6.07, 6.45) is 0.996. The third kappa shape index (κ3) is 1.52. The minimum atomic E-state index is -0.859. The van der Waals surface area contributed by atoms with Crippen LogP contribution in [0.5, 0.6) is 0 Å². The fourth-order valence-corrected chi connectivity index (χ4v) is 2.03.